The first-order valence-electron chi connectivity index (χ1n) is 10.6. The number of benzene rings is 2. The van der Waals surface area contributed by atoms with E-state index in [0.29, 0.717) is 11.4 Å². The molecule has 1 aliphatic heterocycles. The van der Waals surface area contributed by atoms with E-state index in [0.717, 1.165) is 35.7 Å². The van der Waals surface area contributed by atoms with Crippen molar-refractivity contribution in [3.8, 4) is 5.69 Å². The molecule has 1 fully saturated rings. The average Bonchev–Trinajstić information content (AvgIpc) is 3.26. The van der Waals surface area contributed by atoms with Gasteiger partial charge in [0.1, 0.15) is 11.1 Å². The summed E-state index contributed by atoms with van der Waals surface area (Å²) < 4.78 is 3.45. The number of nitrogens with zero attached hydrogens (tertiary/aromatic N) is 4. The summed E-state index contributed by atoms with van der Waals surface area (Å²) in [5.74, 6) is 0.329. The minimum atomic E-state index is -0.212. The van der Waals surface area contributed by atoms with E-state index < -0.39 is 0 Å². The first-order valence-corrected chi connectivity index (χ1v) is 11.6. The van der Waals surface area contributed by atoms with Crippen LogP contribution in [-0.4, -0.2) is 34.1 Å². The Balaban J connectivity index is 1.75. The van der Waals surface area contributed by atoms with E-state index in [1.165, 1.54) is 0 Å². The first-order chi connectivity index (χ1) is 15.0. The predicted octanol–water partition coefficient (Wildman–Crippen LogP) is 4.11. The van der Waals surface area contributed by atoms with Gasteiger partial charge in [-0.05, 0) is 50.6 Å². The van der Waals surface area contributed by atoms with Crippen LogP contribution in [0.15, 0.2) is 59.4 Å². The Hall–Kier alpha value is -2.93. The summed E-state index contributed by atoms with van der Waals surface area (Å²) in [4.78, 5) is 30.4. The second kappa shape index (κ2) is 8.67. The maximum absolute atomic E-state index is 13.5. The summed E-state index contributed by atoms with van der Waals surface area (Å²) >= 11 is 1.57. The molecular weight excluding hydrogens is 408 g/mol. The van der Waals surface area contributed by atoms with Crippen LogP contribution >= 0.6 is 11.8 Å². The Morgan fingerprint density at radius 2 is 1.65 bits per heavy atom. The summed E-state index contributed by atoms with van der Waals surface area (Å²) in [6.45, 7) is 8.07. The SMILES string of the molecule is CCN(CC)c1ccc([C@H]2SCC(=O)N2c2c(C)n(C)n(-c3ccccc3)c2=O)cc1. The van der Waals surface area contributed by atoms with Gasteiger partial charge in [-0.2, -0.15) is 0 Å². The van der Waals surface area contributed by atoms with E-state index in [2.05, 4.69) is 43.0 Å². The minimum absolute atomic E-state index is 0.0335. The fourth-order valence-electron chi connectivity index (χ4n) is 4.18. The van der Waals surface area contributed by atoms with Crippen LogP contribution in [0, 0.1) is 6.92 Å². The lowest BCUT2D eigenvalue weighted by Gasteiger charge is -2.25. The van der Waals surface area contributed by atoms with Gasteiger partial charge in [0.05, 0.1) is 17.1 Å². The Labute approximate surface area is 187 Å². The quantitative estimate of drug-likeness (QED) is 0.584. The van der Waals surface area contributed by atoms with Gasteiger partial charge in [0.25, 0.3) is 5.56 Å². The molecule has 4 rings (SSSR count). The van der Waals surface area contributed by atoms with Crippen LogP contribution in [0.25, 0.3) is 5.69 Å². The van der Waals surface area contributed by atoms with Crippen LogP contribution in [0.4, 0.5) is 11.4 Å². The topological polar surface area (TPSA) is 50.5 Å². The monoisotopic (exact) mass is 436 g/mol. The Kier molecular flexibility index (Phi) is 5.96. The predicted molar refractivity (Wildman–Crippen MR) is 128 cm³/mol. The van der Waals surface area contributed by atoms with Gasteiger partial charge in [-0.15, -0.1) is 11.8 Å². The van der Waals surface area contributed by atoms with Crippen LogP contribution in [0.1, 0.15) is 30.5 Å². The number of hydrogen-bond acceptors (Lipinski definition) is 4. The fourth-order valence-corrected chi connectivity index (χ4v) is 5.34. The number of thioether (sulfide) groups is 1. The van der Waals surface area contributed by atoms with E-state index in [9.17, 15) is 9.59 Å². The number of hydrogen-bond donors (Lipinski definition) is 0. The molecule has 162 valence electrons. The van der Waals surface area contributed by atoms with Crippen LogP contribution in [0.5, 0.6) is 0 Å². The smallest absolute Gasteiger partial charge is 0.295 e. The molecule has 0 radical (unpaired) electrons. The number of carbonyl (C=O) groups excluding carboxylic acids is 1. The molecular formula is C24H28N4O2S. The van der Waals surface area contributed by atoms with Crippen molar-refractivity contribution in [1.82, 2.24) is 9.36 Å². The van der Waals surface area contributed by atoms with Crippen molar-refractivity contribution in [3.05, 3.63) is 76.2 Å². The van der Waals surface area contributed by atoms with Crippen molar-refractivity contribution in [3.63, 3.8) is 0 Å². The van der Waals surface area contributed by atoms with E-state index in [1.54, 1.807) is 21.3 Å². The van der Waals surface area contributed by atoms with Crippen LogP contribution < -0.4 is 15.4 Å². The normalized spacial score (nSPS) is 16.2. The molecule has 1 amide bonds. The first kappa shape index (κ1) is 21.3. The third-order valence-electron chi connectivity index (χ3n) is 5.94. The lowest BCUT2D eigenvalue weighted by molar-refractivity contribution is -0.115. The van der Waals surface area contributed by atoms with Crippen molar-refractivity contribution < 1.29 is 4.79 Å². The Bertz CT molecular complexity index is 1130. The average molecular weight is 437 g/mol. The third kappa shape index (κ3) is 3.67. The highest BCUT2D eigenvalue weighted by atomic mass is 32.2. The molecule has 0 aliphatic carbocycles. The lowest BCUT2D eigenvalue weighted by Crippen LogP contribution is -2.33. The van der Waals surface area contributed by atoms with Gasteiger partial charge in [-0.3, -0.25) is 19.2 Å². The molecule has 6 nitrogen and oxygen atoms in total. The maximum atomic E-state index is 13.5. The molecule has 2 aromatic carbocycles. The number of aromatic nitrogens is 2. The van der Waals surface area contributed by atoms with Crippen molar-refractivity contribution >= 4 is 29.0 Å². The molecule has 2 heterocycles. The number of carbonyl (C=O) groups is 1. The van der Waals surface area contributed by atoms with E-state index in [1.807, 2.05) is 49.0 Å². The lowest BCUT2D eigenvalue weighted by atomic mass is 10.1. The molecule has 1 atom stereocenters. The highest BCUT2D eigenvalue weighted by Gasteiger charge is 2.38. The largest absolute Gasteiger partial charge is 0.372 e. The third-order valence-corrected chi connectivity index (χ3v) is 7.15. The van der Waals surface area contributed by atoms with Gasteiger partial charge in [0, 0.05) is 25.8 Å². The van der Waals surface area contributed by atoms with Gasteiger partial charge in [0.2, 0.25) is 5.91 Å². The maximum Gasteiger partial charge on any atom is 0.295 e. The van der Waals surface area contributed by atoms with E-state index >= 15 is 0 Å². The zero-order valence-corrected chi connectivity index (χ0v) is 19.2. The molecule has 0 bridgehead atoms. The number of anilines is 2. The number of rotatable bonds is 6. The molecule has 31 heavy (non-hydrogen) atoms. The molecule has 1 aliphatic rings. The Morgan fingerprint density at radius 1 is 1.00 bits per heavy atom. The zero-order chi connectivity index (χ0) is 22.1. The molecule has 0 saturated carbocycles. The standard InChI is InChI=1S/C24H28N4O2S/c1-5-26(6-2)19-14-12-18(13-15-19)24-27(21(29)16-31-24)22-17(3)25(4)28(23(22)30)20-10-8-7-9-11-20/h7-15,24H,5-6,16H2,1-4H3/t24-/m1/s1. The van der Waals surface area contributed by atoms with Crippen LogP contribution in [0.3, 0.4) is 0 Å². The summed E-state index contributed by atoms with van der Waals surface area (Å²) in [5, 5.41) is -0.212. The van der Waals surface area contributed by atoms with Crippen LogP contribution in [0.2, 0.25) is 0 Å². The molecule has 7 heteroatoms. The molecule has 0 unspecified atom stereocenters. The van der Waals surface area contributed by atoms with Crippen LogP contribution in [-0.2, 0) is 11.8 Å². The van der Waals surface area contributed by atoms with Gasteiger partial charge in [-0.1, -0.05) is 30.3 Å². The van der Waals surface area contributed by atoms with E-state index in [-0.39, 0.29) is 16.8 Å². The minimum Gasteiger partial charge on any atom is -0.372 e. The molecule has 0 N–H and O–H groups in total. The van der Waals surface area contributed by atoms with E-state index in [4.69, 9.17) is 0 Å². The summed E-state index contributed by atoms with van der Waals surface area (Å²) in [6.07, 6.45) is 0. The van der Waals surface area contributed by atoms with Gasteiger partial charge < -0.3 is 4.90 Å². The number of amides is 1. The fraction of sp³-hybridized carbons (Fsp3) is 0.333. The second-order valence-electron chi connectivity index (χ2n) is 7.60. The van der Waals surface area contributed by atoms with Gasteiger partial charge >= 0.3 is 0 Å². The second-order valence-corrected chi connectivity index (χ2v) is 8.67. The summed E-state index contributed by atoms with van der Waals surface area (Å²) in [7, 11) is 1.86. The Morgan fingerprint density at radius 3 is 2.26 bits per heavy atom. The van der Waals surface area contributed by atoms with Gasteiger partial charge in [-0.25, -0.2) is 4.68 Å². The summed E-state index contributed by atoms with van der Waals surface area (Å²) in [6, 6.07) is 17.9. The van der Waals surface area contributed by atoms with Crippen molar-refractivity contribution in [2.45, 2.75) is 26.1 Å². The zero-order valence-electron chi connectivity index (χ0n) is 18.4. The van der Waals surface area contributed by atoms with Crippen molar-refractivity contribution in [2.24, 2.45) is 7.05 Å². The highest BCUT2D eigenvalue weighted by Crippen LogP contribution is 2.42. The molecule has 1 saturated heterocycles. The summed E-state index contributed by atoms with van der Waals surface area (Å²) in [5.41, 5.74) is 4.03. The van der Waals surface area contributed by atoms with Crippen molar-refractivity contribution in [1.29, 1.82) is 0 Å². The molecule has 0 spiro atoms. The molecule has 3 aromatic rings. The highest BCUT2D eigenvalue weighted by molar-refractivity contribution is 8.00. The van der Waals surface area contributed by atoms with Crippen molar-refractivity contribution in [2.75, 3.05) is 28.6 Å². The number of para-hydroxylation sites is 1. The molecule has 1 aromatic heterocycles. The van der Waals surface area contributed by atoms with Gasteiger partial charge in [0.15, 0.2) is 0 Å².